The molecule has 0 atom stereocenters. The van der Waals surface area contributed by atoms with E-state index in [2.05, 4.69) is 8.60 Å². The van der Waals surface area contributed by atoms with Crippen LogP contribution in [-0.2, 0) is 10.4 Å². The number of aromatic hydroxyl groups is 2. The normalized spacial score (nSPS) is 11.6. The van der Waals surface area contributed by atoms with Crippen molar-refractivity contribution < 1.29 is 31.8 Å². The zero-order chi connectivity index (χ0) is 13.5. The summed E-state index contributed by atoms with van der Waals surface area (Å²) < 4.78 is 38.2. The summed E-state index contributed by atoms with van der Waals surface area (Å²) in [6.45, 7) is 0. The second-order valence-electron chi connectivity index (χ2n) is 3.26. The van der Waals surface area contributed by atoms with Crippen LogP contribution in [0.3, 0.4) is 0 Å². The fraction of sp³-hybridized carbons (Fsp3) is 0. The average molecular weight is 274 g/mol. The quantitative estimate of drug-likeness (QED) is 0.528. The minimum Gasteiger partial charge on any atom is -0.504 e. The topological polar surface area (TPSA) is 134 Å². The smallest absolute Gasteiger partial charge is 0.446 e. The van der Waals surface area contributed by atoms with Gasteiger partial charge in [0.1, 0.15) is 11.3 Å². The summed E-state index contributed by atoms with van der Waals surface area (Å²) >= 11 is 0. The Morgan fingerprint density at radius 1 is 1.17 bits per heavy atom. The Hall–Kier alpha value is -2.26. The van der Waals surface area contributed by atoms with Crippen molar-refractivity contribution in [2.45, 2.75) is 0 Å². The number of benzene rings is 1. The van der Waals surface area contributed by atoms with Gasteiger partial charge in [-0.05, 0) is 18.2 Å². The second-order valence-corrected chi connectivity index (χ2v) is 4.28. The molecule has 0 fully saturated rings. The molecule has 0 saturated heterocycles. The SMILES string of the molecule is O=c1oc2ccc(OS(=O)(=O)O)cc2c(O)c1O. The van der Waals surface area contributed by atoms with E-state index in [0.29, 0.717) is 0 Å². The van der Waals surface area contributed by atoms with Gasteiger partial charge >= 0.3 is 16.0 Å². The van der Waals surface area contributed by atoms with Crippen molar-refractivity contribution in [2.75, 3.05) is 0 Å². The highest BCUT2D eigenvalue weighted by atomic mass is 32.3. The van der Waals surface area contributed by atoms with E-state index in [4.69, 9.17) is 9.66 Å². The summed E-state index contributed by atoms with van der Waals surface area (Å²) in [4.78, 5) is 11.0. The molecule has 0 bridgehead atoms. The molecule has 0 amide bonds. The zero-order valence-electron chi connectivity index (χ0n) is 8.52. The van der Waals surface area contributed by atoms with Gasteiger partial charge in [0.25, 0.3) is 0 Å². The fourth-order valence-corrected chi connectivity index (χ4v) is 1.68. The third-order valence-electron chi connectivity index (χ3n) is 2.03. The van der Waals surface area contributed by atoms with Gasteiger partial charge in [-0.3, -0.25) is 4.55 Å². The molecule has 8 nitrogen and oxygen atoms in total. The predicted octanol–water partition coefficient (Wildman–Crippen LogP) is 0.386. The molecule has 0 aliphatic rings. The number of fused-ring (bicyclic) bond motifs is 1. The van der Waals surface area contributed by atoms with E-state index in [1.165, 1.54) is 0 Å². The molecule has 96 valence electrons. The molecule has 0 radical (unpaired) electrons. The third-order valence-corrected chi connectivity index (χ3v) is 2.43. The van der Waals surface area contributed by atoms with Crippen molar-refractivity contribution >= 4 is 21.4 Å². The molecule has 9 heteroatoms. The van der Waals surface area contributed by atoms with Gasteiger partial charge in [0.2, 0.25) is 5.75 Å². The van der Waals surface area contributed by atoms with E-state index in [0.717, 1.165) is 18.2 Å². The number of rotatable bonds is 2. The van der Waals surface area contributed by atoms with Crippen molar-refractivity contribution in [2.24, 2.45) is 0 Å². The van der Waals surface area contributed by atoms with E-state index in [1.807, 2.05) is 0 Å². The minimum atomic E-state index is -4.71. The van der Waals surface area contributed by atoms with Crippen LogP contribution < -0.4 is 9.81 Å². The molecule has 18 heavy (non-hydrogen) atoms. The standard InChI is InChI=1S/C9H6O8S/c10-7-5-3-4(17-18(13,14)15)1-2-6(5)16-9(12)8(7)11/h1-3,10-11H,(H,13,14,15). The molecular formula is C9H6O8S. The lowest BCUT2D eigenvalue weighted by Crippen LogP contribution is -2.06. The van der Waals surface area contributed by atoms with E-state index < -0.39 is 27.5 Å². The van der Waals surface area contributed by atoms with Gasteiger partial charge in [-0.25, -0.2) is 4.79 Å². The Morgan fingerprint density at radius 3 is 2.44 bits per heavy atom. The Bertz CT molecular complexity index is 773. The van der Waals surface area contributed by atoms with Crippen LogP contribution in [0.15, 0.2) is 27.4 Å². The lowest BCUT2D eigenvalue weighted by molar-refractivity contribution is 0.377. The molecule has 0 saturated carbocycles. The first kappa shape index (κ1) is 12.2. The zero-order valence-corrected chi connectivity index (χ0v) is 9.34. The molecule has 0 aliphatic heterocycles. The van der Waals surface area contributed by atoms with Crippen LogP contribution in [0.2, 0.25) is 0 Å². The van der Waals surface area contributed by atoms with Crippen LogP contribution >= 0.6 is 0 Å². The highest BCUT2D eigenvalue weighted by Crippen LogP contribution is 2.32. The lowest BCUT2D eigenvalue weighted by Gasteiger charge is -2.04. The molecule has 2 aromatic rings. The Morgan fingerprint density at radius 2 is 1.83 bits per heavy atom. The maximum Gasteiger partial charge on any atom is 0.446 e. The molecule has 0 unspecified atom stereocenters. The first-order valence-corrected chi connectivity index (χ1v) is 5.80. The minimum absolute atomic E-state index is 0.0852. The third kappa shape index (κ3) is 2.21. The Labute approximate surface area is 99.6 Å². The van der Waals surface area contributed by atoms with Gasteiger partial charge in [-0.15, -0.1) is 0 Å². The average Bonchev–Trinajstić information content (AvgIpc) is 2.25. The maximum absolute atomic E-state index is 11.0. The summed E-state index contributed by atoms with van der Waals surface area (Å²) in [5.41, 5.74) is -1.22. The maximum atomic E-state index is 11.0. The largest absolute Gasteiger partial charge is 0.504 e. The highest BCUT2D eigenvalue weighted by Gasteiger charge is 2.15. The van der Waals surface area contributed by atoms with E-state index in [-0.39, 0.29) is 16.7 Å². The van der Waals surface area contributed by atoms with E-state index in [9.17, 15) is 18.3 Å². The second kappa shape index (κ2) is 3.89. The van der Waals surface area contributed by atoms with Crippen molar-refractivity contribution in [3.05, 3.63) is 28.6 Å². The summed E-state index contributed by atoms with van der Waals surface area (Å²) in [5.74, 6) is -2.11. The van der Waals surface area contributed by atoms with Crippen molar-refractivity contribution in [3.8, 4) is 17.2 Å². The lowest BCUT2D eigenvalue weighted by atomic mass is 10.2. The van der Waals surface area contributed by atoms with Gasteiger partial charge < -0.3 is 18.8 Å². The molecule has 3 N–H and O–H groups in total. The first-order chi connectivity index (χ1) is 8.28. The molecule has 0 aliphatic carbocycles. The number of hydrogen-bond donors (Lipinski definition) is 3. The van der Waals surface area contributed by atoms with Gasteiger partial charge in [0.15, 0.2) is 5.75 Å². The molecule has 1 heterocycles. The van der Waals surface area contributed by atoms with Crippen LogP contribution in [0.5, 0.6) is 17.2 Å². The van der Waals surface area contributed by atoms with E-state index in [1.54, 1.807) is 0 Å². The van der Waals surface area contributed by atoms with Crippen LogP contribution in [0.25, 0.3) is 11.0 Å². The van der Waals surface area contributed by atoms with Crippen LogP contribution in [0.4, 0.5) is 0 Å². The molecule has 0 spiro atoms. The van der Waals surface area contributed by atoms with Gasteiger partial charge in [0.05, 0.1) is 5.39 Å². The Kier molecular flexibility index (Phi) is 2.64. The molecule has 2 rings (SSSR count). The van der Waals surface area contributed by atoms with E-state index >= 15 is 0 Å². The van der Waals surface area contributed by atoms with Crippen LogP contribution in [0.1, 0.15) is 0 Å². The Balaban J connectivity index is 2.68. The van der Waals surface area contributed by atoms with Gasteiger partial charge in [0, 0.05) is 0 Å². The molecule has 1 aromatic carbocycles. The van der Waals surface area contributed by atoms with Crippen molar-refractivity contribution in [3.63, 3.8) is 0 Å². The summed E-state index contributed by atoms with van der Waals surface area (Å²) in [6.07, 6.45) is 0. The summed E-state index contributed by atoms with van der Waals surface area (Å²) in [7, 11) is -4.71. The summed E-state index contributed by atoms with van der Waals surface area (Å²) in [5, 5.41) is 18.5. The van der Waals surface area contributed by atoms with Crippen LogP contribution in [0, 0.1) is 0 Å². The molecule has 1 aromatic heterocycles. The van der Waals surface area contributed by atoms with Crippen molar-refractivity contribution in [1.29, 1.82) is 0 Å². The van der Waals surface area contributed by atoms with Crippen LogP contribution in [-0.4, -0.2) is 23.2 Å². The van der Waals surface area contributed by atoms with Gasteiger partial charge in [-0.2, -0.15) is 8.42 Å². The highest BCUT2D eigenvalue weighted by molar-refractivity contribution is 7.81. The monoisotopic (exact) mass is 274 g/mol. The van der Waals surface area contributed by atoms with Crippen molar-refractivity contribution in [1.82, 2.24) is 0 Å². The number of hydrogen-bond acceptors (Lipinski definition) is 7. The predicted molar refractivity (Wildman–Crippen MR) is 58.0 cm³/mol. The fourth-order valence-electron chi connectivity index (χ4n) is 1.33. The molecular weight excluding hydrogens is 268 g/mol. The summed E-state index contributed by atoms with van der Waals surface area (Å²) in [6, 6.07) is 3.20. The first-order valence-electron chi connectivity index (χ1n) is 4.43. The van der Waals surface area contributed by atoms with Gasteiger partial charge in [-0.1, -0.05) is 0 Å².